The first-order valence-electron chi connectivity index (χ1n) is 11.2. The number of aromatic amines is 1. The number of hydrogen-bond donors (Lipinski definition) is 1. The summed E-state index contributed by atoms with van der Waals surface area (Å²) in [4.78, 5) is 27.8. The molecule has 1 heterocycles. The molecule has 8 heteroatoms. The van der Waals surface area contributed by atoms with Crippen LogP contribution in [0.3, 0.4) is 0 Å². The Morgan fingerprint density at radius 2 is 1.53 bits per heavy atom. The largest absolute Gasteiger partial charge is 0.493 e. The minimum atomic E-state index is -0.635. The van der Waals surface area contributed by atoms with Crippen molar-refractivity contribution in [3.05, 3.63) is 111 Å². The van der Waals surface area contributed by atoms with Crippen LogP contribution in [0.1, 0.15) is 11.1 Å². The van der Waals surface area contributed by atoms with Gasteiger partial charge in [0.05, 0.1) is 31.3 Å². The predicted molar refractivity (Wildman–Crippen MR) is 140 cm³/mol. The molecule has 1 aromatic heterocycles. The zero-order valence-corrected chi connectivity index (χ0v) is 19.7. The Balaban J connectivity index is 1.47. The number of para-hydroxylation sites is 1. The zero-order valence-electron chi connectivity index (χ0n) is 19.7. The minimum absolute atomic E-state index is 0.309. The molecule has 4 aromatic carbocycles. The molecule has 0 aliphatic heterocycles. The van der Waals surface area contributed by atoms with E-state index >= 15 is 0 Å². The van der Waals surface area contributed by atoms with Gasteiger partial charge in [0.2, 0.25) is 5.75 Å². The molecule has 180 valence electrons. The van der Waals surface area contributed by atoms with Gasteiger partial charge in [0.25, 0.3) is 5.56 Å². The van der Waals surface area contributed by atoms with E-state index in [0.29, 0.717) is 40.3 Å². The topological polar surface area (TPSA) is 94.9 Å². The molecule has 36 heavy (non-hydrogen) atoms. The van der Waals surface area contributed by atoms with Gasteiger partial charge in [-0.1, -0.05) is 54.6 Å². The fraction of sp³-hybridized carbons (Fsp3) is 0.107. The number of nitrogens with one attached hydrogen (secondary N) is 1. The van der Waals surface area contributed by atoms with Gasteiger partial charge in [-0.25, -0.2) is 4.79 Å². The van der Waals surface area contributed by atoms with Gasteiger partial charge in [-0.05, 0) is 40.6 Å². The lowest BCUT2D eigenvalue weighted by Crippen LogP contribution is -2.32. The lowest BCUT2D eigenvalue weighted by atomic mass is 10.1. The number of methoxy groups -OCH3 is 2. The zero-order chi connectivity index (χ0) is 25.1. The van der Waals surface area contributed by atoms with Crippen molar-refractivity contribution in [1.82, 2.24) is 9.66 Å². The monoisotopic (exact) mass is 481 g/mol. The molecule has 0 aliphatic carbocycles. The number of H-pyrrole nitrogens is 1. The summed E-state index contributed by atoms with van der Waals surface area (Å²) in [5.74, 6) is 1.29. The standard InChI is InChI=1S/C28H23N3O5/c1-34-24-14-18(16-29-31-27(32)22-12-5-6-13-23(22)30-28(31)33)15-25(35-2)26(24)36-17-20-10-7-9-19-8-3-4-11-21(19)20/h3-16H,17H2,1-2H3,(H,30,33). The summed E-state index contributed by atoms with van der Waals surface area (Å²) in [7, 11) is 3.05. The first-order valence-corrected chi connectivity index (χ1v) is 11.2. The second-order valence-corrected chi connectivity index (χ2v) is 8.02. The second-order valence-electron chi connectivity index (χ2n) is 8.02. The number of ether oxygens (including phenoxy) is 3. The Labute approximate surface area is 206 Å². The van der Waals surface area contributed by atoms with Crippen LogP contribution in [0, 0.1) is 0 Å². The third kappa shape index (κ3) is 4.32. The Morgan fingerprint density at radius 1 is 0.861 bits per heavy atom. The van der Waals surface area contributed by atoms with Crippen LogP contribution < -0.4 is 25.5 Å². The predicted octanol–water partition coefficient (Wildman–Crippen LogP) is 4.32. The van der Waals surface area contributed by atoms with Gasteiger partial charge in [-0.3, -0.25) is 4.79 Å². The SMILES string of the molecule is COc1cc(C=Nn2c(=O)[nH]c3ccccc3c2=O)cc(OC)c1OCc1cccc2ccccc12. The maximum atomic E-state index is 12.7. The molecule has 8 nitrogen and oxygen atoms in total. The van der Waals surface area contributed by atoms with Crippen molar-refractivity contribution in [3.63, 3.8) is 0 Å². The highest BCUT2D eigenvalue weighted by atomic mass is 16.5. The van der Waals surface area contributed by atoms with Crippen molar-refractivity contribution in [3.8, 4) is 17.2 Å². The summed E-state index contributed by atoms with van der Waals surface area (Å²) < 4.78 is 18.0. The summed E-state index contributed by atoms with van der Waals surface area (Å²) in [6, 6.07) is 24.3. The van der Waals surface area contributed by atoms with Crippen LogP contribution in [0.2, 0.25) is 0 Å². The van der Waals surface area contributed by atoms with Crippen LogP contribution in [0.25, 0.3) is 21.7 Å². The van der Waals surface area contributed by atoms with E-state index in [2.05, 4.69) is 28.3 Å². The summed E-state index contributed by atoms with van der Waals surface area (Å²) in [5, 5.41) is 6.71. The molecular weight excluding hydrogens is 458 g/mol. The van der Waals surface area contributed by atoms with Crippen molar-refractivity contribution < 1.29 is 14.2 Å². The molecule has 0 spiro atoms. The lowest BCUT2D eigenvalue weighted by molar-refractivity contribution is 0.267. The van der Waals surface area contributed by atoms with Crippen molar-refractivity contribution >= 4 is 27.9 Å². The number of aromatic nitrogens is 2. The molecule has 5 aromatic rings. The van der Waals surface area contributed by atoms with Crippen LogP contribution >= 0.6 is 0 Å². The van der Waals surface area contributed by atoms with Crippen LogP contribution in [0.4, 0.5) is 0 Å². The smallest absolute Gasteiger partial charge is 0.349 e. The van der Waals surface area contributed by atoms with E-state index in [1.807, 2.05) is 24.3 Å². The molecule has 0 saturated heterocycles. The summed E-state index contributed by atoms with van der Waals surface area (Å²) in [6.07, 6.45) is 1.39. The average molecular weight is 482 g/mol. The Bertz CT molecular complexity index is 1690. The van der Waals surface area contributed by atoms with E-state index in [0.717, 1.165) is 21.0 Å². The van der Waals surface area contributed by atoms with Gasteiger partial charge >= 0.3 is 5.69 Å². The highest BCUT2D eigenvalue weighted by Crippen LogP contribution is 2.39. The summed E-state index contributed by atoms with van der Waals surface area (Å²) in [5.41, 5.74) is 0.886. The fourth-order valence-corrected chi connectivity index (χ4v) is 4.07. The first-order chi connectivity index (χ1) is 17.6. The molecule has 5 rings (SSSR count). The third-order valence-corrected chi connectivity index (χ3v) is 5.84. The van der Waals surface area contributed by atoms with E-state index < -0.39 is 11.2 Å². The van der Waals surface area contributed by atoms with Gasteiger partial charge in [-0.2, -0.15) is 5.10 Å². The highest BCUT2D eigenvalue weighted by Gasteiger charge is 2.15. The van der Waals surface area contributed by atoms with E-state index in [1.165, 1.54) is 20.4 Å². The normalized spacial score (nSPS) is 11.3. The fourth-order valence-electron chi connectivity index (χ4n) is 4.07. The van der Waals surface area contributed by atoms with Crippen molar-refractivity contribution in [1.29, 1.82) is 0 Å². The number of hydrogen-bond acceptors (Lipinski definition) is 6. The van der Waals surface area contributed by atoms with Crippen LogP contribution in [-0.2, 0) is 6.61 Å². The molecule has 0 aliphatic rings. The van der Waals surface area contributed by atoms with E-state index in [4.69, 9.17) is 14.2 Å². The van der Waals surface area contributed by atoms with Crippen molar-refractivity contribution in [2.45, 2.75) is 6.61 Å². The van der Waals surface area contributed by atoms with Crippen molar-refractivity contribution in [2.24, 2.45) is 5.10 Å². The number of rotatable bonds is 7. The molecule has 0 atom stereocenters. The van der Waals surface area contributed by atoms with E-state index in [1.54, 1.807) is 36.4 Å². The minimum Gasteiger partial charge on any atom is -0.493 e. The summed E-state index contributed by atoms with van der Waals surface area (Å²) >= 11 is 0. The van der Waals surface area contributed by atoms with Gasteiger partial charge in [0.1, 0.15) is 6.61 Å². The molecule has 1 N–H and O–H groups in total. The van der Waals surface area contributed by atoms with Crippen LogP contribution in [0.15, 0.2) is 93.6 Å². The first kappa shape index (κ1) is 22.9. The van der Waals surface area contributed by atoms with Gasteiger partial charge in [0.15, 0.2) is 11.5 Å². The summed E-state index contributed by atoms with van der Waals surface area (Å²) in [6.45, 7) is 0.309. The quantitative estimate of drug-likeness (QED) is 0.349. The van der Waals surface area contributed by atoms with Gasteiger partial charge < -0.3 is 19.2 Å². The number of benzene rings is 4. The molecule has 0 amide bonds. The number of nitrogens with zero attached hydrogens (tertiary/aromatic N) is 2. The maximum absolute atomic E-state index is 12.7. The molecule has 0 radical (unpaired) electrons. The van der Waals surface area contributed by atoms with Gasteiger partial charge in [0, 0.05) is 5.56 Å². The molecule has 0 saturated carbocycles. The van der Waals surface area contributed by atoms with Crippen LogP contribution in [-0.4, -0.2) is 30.1 Å². The second kappa shape index (κ2) is 9.79. The maximum Gasteiger partial charge on any atom is 0.349 e. The van der Waals surface area contributed by atoms with Gasteiger partial charge in [-0.15, -0.1) is 4.68 Å². The molecular formula is C28H23N3O5. The molecule has 0 fully saturated rings. The lowest BCUT2D eigenvalue weighted by Gasteiger charge is -2.16. The van der Waals surface area contributed by atoms with Crippen LogP contribution in [0.5, 0.6) is 17.2 Å². The third-order valence-electron chi connectivity index (χ3n) is 5.84. The van der Waals surface area contributed by atoms with E-state index in [9.17, 15) is 9.59 Å². The highest BCUT2D eigenvalue weighted by molar-refractivity contribution is 5.86. The number of fused-ring (bicyclic) bond motifs is 2. The average Bonchev–Trinajstić information content (AvgIpc) is 2.91. The Kier molecular flexibility index (Phi) is 6.23. The molecule has 0 unspecified atom stereocenters. The Morgan fingerprint density at radius 3 is 2.28 bits per heavy atom. The molecule has 0 bridgehead atoms. The van der Waals surface area contributed by atoms with E-state index in [-0.39, 0.29) is 0 Å². The van der Waals surface area contributed by atoms with Crippen molar-refractivity contribution in [2.75, 3.05) is 14.2 Å². The Hall–Kier alpha value is -4.85.